The predicted molar refractivity (Wildman–Crippen MR) is 56.1 cm³/mol. The predicted octanol–water partition coefficient (Wildman–Crippen LogP) is 3.15. The van der Waals surface area contributed by atoms with Crippen LogP contribution in [0.2, 0.25) is 0 Å². The van der Waals surface area contributed by atoms with Gasteiger partial charge in [0.2, 0.25) is 0 Å². The van der Waals surface area contributed by atoms with Gasteiger partial charge in [0.15, 0.2) is 0 Å². The number of alkyl halides is 3. The number of rotatable bonds is 4. The molecule has 1 N–H and O–H groups in total. The highest BCUT2D eigenvalue weighted by Gasteiger charge is 2.25. The maximum atomic E-state index is 11.7. The average molecular weight is 240 g/mol. The van der Waals surface area contributed by atoms with Crippen molar-refractivity contribution in [3.63, 3.8) is 0 Å². The lowest BCUT2D eigenvalue weighted by Crippen LogP contribution is -2.21. The summed E-state index contributed by atoms with van der Waals surface area (Å²) in [5.41, 5.74) is 0.995. The first-order valence-corrected chi connectivity index (χ1v) is 4.39. The lowest BCUT2D eigenvalue weighted by atomic mass is 10.2. The van der Waals surface area contributed by atoms with Crippen LogP contribution in [0.25, 0.3) is 0 Å². The summed E-state index contributed by atoms with van der Waals surface area (Å²) in [6.07, 6.45) is -4.84. The summed E-state index contributed by atoms with van der Waals surface area (Å²) in [5.74, 6) is 0. The van der Waals surface area contributed by atoms with Crippen molar-refractivity contribution in [2.75, 3.05) is 6.54 Å². The van der Waals surface area contributed by atoms with Crippen molar-refractivity contribution in [2.45, 2.75) is 19.1 Å². The minimum atomic E-state index is -4.07. The Labute approximate surface area is 93.1 Å². The van der Waals surface area contributed by atoms with E-state index in [0.717, 1.165) is 5.56 Å². The molecule has 0 radical (unpaired) electrons. The molecule has 0 aliphatic heterocycles. The first kappa shape index (κ1) is 14.3. The molecule has 0 aromatic heterocycles. The van der Waals surface area contributed by atoms with E-state index in [1.54, 1.807) is 0 Å². The van der Waals surface area contributed by atoms with Gasteiger partial charge in [-0.2, -0.15) is 13.2 Å². The van der Waals surface area contributed by atoms with Gasteiger partial charge in [0.05, 0.1) is 6.42 Å². The summed E-state index contributed by atoms with van der Waals surface area (Å²) >= 11 is 0. The van der Waals surface area contributed by atoms with Gasteiger partial charge in [-0.05, 0) is 5.56 Å². The SMILES string of the molecule is Cl.FC(F)(F)CCNCc1ccccc1. The Morgan fingerprint density at radius 1 is 1.07 bits per heavy atom. The number of hydrogen-bond acceptors (Lipinski definition) is 1. The molecule has 0 fully saturated rings. The van der Waals surface area contributed by atoms with Gasteiger partial charge in [0.1, 0.15) is 0 Å². The summed E-state index contributed by atoms with van der Waals surface area (Å²) in [4.78, 5) is 0. The highest BCUT2D eigenvalue weighted by Crippen LogP contribution is 2.18. The minimum Gasteiger partial charge on any atom is -0.312 e. The number of nitrogens with one attached hydrogen (secondary N) is 1. The quantitative estimate of drug-likeness (QED) is 0.796. The molecule has 0 aliphatic rings. The molecule has 0 bridgehead atoms. The first-order chi connectivity index (χ1) is 6.58. The van der Waals surface area contributed by atoms with E-state index in [1.165, 1.54) is 0 Å². The third-order valence-corrected chi connectivity index (χ3v) is 1.76. The van der Waals surface area contributed by atoms with Crippen molar-refractivity contribution < 1.29 is 13.2 Å². The average Bonchev–Trinajstić information content (AvgIpc) is 2.13. The summed E-state index contributed by atoms with van der Waals surface area (Å²) < 4.78 is 35.2. The largest absolute Gasteiger partial charge is 0.390 e. The second kappa shape index (κ2) is 6.69. The third kappa shape index (κ3) is 7.22. The molecule has 0 aliphatic carbocycles. The Balaban J connectivity index is 0.00000196. The number of hydrogen-bond donors (Lipinski definition) is 1. The Bertz CT molecular complexity index is 261. The van der Waals surface area contributed by atoms with Crippen molar-refractivity contribution in [1.29, 1.82) is 0 Å². The van der Waals surface area contributed by atoms with Crippen molar-refractivity contribution in [3.8, 4) is 0 Å². The molecule has 5 heteroatoms. The van der Waals surface area contributed by atoms with E-state index in [0.29, 0.717) is 6.54 Å². The van der Waals surface area contributed by atoms with Crippen LogP contribution in [-0.4, -0.2) is 12.7 Å². The molecule has 0 unspecified atom stereocenters. The second-order valence-electron chi connectivity index (χ2n) is 3.03. The van der Waals surface area contributed by atoms with Gasteiger partial charge >= 0.3 is 6.18 Å². The van der Waals surface area contributed by atoms with E-state index in [2.05, 4.69) is 5.32 Å². The molecule has 0 saturated carbocycles. The molecule has 1 aromatic rings. The maximum Gasteiger partial charge on any atom is 0.390 e. The Morgan fingerprint density at radius 3 is 2.20 bits per heavy atom. The summed E-state index contributed by atoms with van der Waals surface area (Å²) in [6, 6.07) is 9.35. The monoisotopic (exact) mass is 239 g/mol. The topological polar surface area (TPSA) is 12.0 Å². The molecular formula is C10H13ClF3N. The van der Waals surface area contributed by atoms with Crippen LogP contribution in [0.5, 0.6) is 0 Å². The molecule has 0 spiro atoms. The van der Waals surface area contributed by atoms with Crippen LogP contribution in [0.15, 0.2) is 30.3 Å². The van der Waals surface area contributed by atoms with Gasteiger partial charge in [-0.3, -0.25) is 0 Å². The fourth-order valence-corrected chi connectivity index (χ4v) is 1.06. The minimum absolute atomic E-state index is 0. The van der Waals surface area contributed by atoms with Crippen LogP contribution in [0.1, 0.15) is 12.0 Å². The molecule has 0 heterocycles. The van der Waals surface area contributed by atoms with Gasteiger partial charge < -0.3 is 5.32 Å². The van der Waals surface area contributed by atoms with Crippen LogP contribution in [0.4, 0.5) is 13.2 Å². The summed E-state index contributed by atoms with van der Waals surface area (Å²) in [6.45, 7) is 0.454. The van der Waals surface area contributed by atoms with E-state index >= 15 is 0 Å². The Kier molecular flexibility index (Phi) is 6.36. The van der Waals surface area contributed by atoms with E-state index in [4.69, 9.17) is 0 Å². The van der Waals surface area contributed by atoms with Gasteiger partial charge in [-0.15, -0.1) is 12.4 Å². The van der Waals surface area contributed by atoms with E-state index in [1.807, 2.05) is 30.3 Å². The molecule has 86 valence electrons. The van der Waals surface area contributed by atoms with E-state index in [9.17, 15) is 13.2 Å². The van der Waals surface area contributed by atoms with E-state index in [-0.39, 0.29) is 19.0 Å². The molecule has 1 rings (SSSR count). The molecular weight excluding hydrogens is 227 g/mol. The maximum absolute atomic E-state index is 11.7. The molecule has 0 saturated heterocycles. The fourth-order valence-electron chi connectivity index (χ4n) is 1.06. The van der Waals surface area contributed by atoms with Gasteiger partial charge in [-0.25, -0.2) is 0 Å². The molecule has 0 atom stereocenters. The van der Waals surface area contributed by atoms with Gasteiger partial charge in [0.25, 0.3) is 0 Å². The zero-order valence-corrected chi connectivity index (χ0v) is 8.87. The number of benzene rings is 1. The second-order valence-corrected chi connectivity index (χ2v) is 3.03. The van der Waals surface area contributed by atoms with Crippen molar-refractivity contribution in [2.24, 2.45) is 0 Å². The highest BCUT2D eigenvalue weighted by atomic mass is 35.5. The third-order valence-electron chi connectivity index (χ3n) is 1.76. The number of halogens is 4. The van der Waals surface area contributed by atoms with Crippen molar-refractivity contribution in [1.82, 2.24) is 5.32 Å². The lowest BCUT2D eigenvalue weighted by Gasteiger charge is -2.07. The smallest absolute Gasteiger partial charge is 0.312 e. The fraction of sp³-hybridized carbons (Fsp3) is 0.400. The van der Waals surface area contributed by atoms with Crippen LogP contribution in [0, 0.1) is 0 Å². The Hall–Kier alpha value is -0.740. The zero-order chi connectivity index (χ0) is 10.4. The molecule has 1 nitrogen and oxygen atoms in total. The molecule has 0 amide bonds. The van der Waals surface area contributed by atoms with Crippen molar-refractivity contribution in [3.05, 3.63) is 35.9 Å². The van der Waals surface area contributed by atoms with Crippen LogP contribution >= 0.6 is 12.4 Å². The van der Waals surface area contributed by atoms with Gasteiger partial charge in [-0.1, -0.05) is 30.3 Å². The zero-order valence-electron chi connectivity index (χ0n) is 8.05. The highest BCUT2D eigenvalue weighted by molar-refractivity contribution is 5.85. The van der Waals surface area contributed by atoms with E-state index < -0.39 is 12.6 Å². The van der Waals surface area contributed by atoms with Crippen LogP contribution < -0.4 is 5.32 Å². The molecule has 1 aromatic carbocycles. The molecule has 15 heavy (non-hydrogen) atoms. The van der Waals surface area contributed by atoms with Gasteiger partial charge in [0, 0.05) is 13.1 Å². The standard InChI is InChI=1S/C10H12F3N.ClH/c11-10(12,13)6-7-14-8-9-4-2-1-3-5-9;/h1-5,14H,6-8H2;1H. The lowest BCUT2D eigenvalue weighted by molar-refractivity contribution is -0.133. The summed E-state index contributed by atoms with van der Waals surface area (Å²) in [7, 11) is 0. The van der Waals surface area contributed by atoms with Crippen molar-refractivity contribution >= 4 is 12.4 Å². The summed E-state index contributed by atoms with van der Waals surface area (Å²) in [5, 5.41) is 2.74. The first-order valence-electron chi connectivity index (χ1n) is 4.39. The Morgan fingerprint density at radius 2 is 1.67 bits per heavy atom. The van der Waals surface area contributed by atoms with Crippen LogP contribution in [0.3, 0.4) is 0 Å². The van der Waals surface area contributed by atoms with Crippen LogP contribution in [-0.2, 0) is 6.54 Å². The normalized spacial score (nSPS) is 10.9.